The van der Waals surface area contributed by atoms with Crippen LogP contribution >= 0.6 is 12.2 Å². The standard InChI is InChI=1S/C21H23FN2OS/c1-2-3-4-15-5-10-20(25-13-15)16-6-8-17(9-7-16)21-19(22)11-18(12-23-21)24-14-26/h6-9,11-12,15,20H,2-5,10,13H2,1H3. The molecule has 2 unspecified atom stereocenters. The monoisotopic (exact) mass is 370 g/mol. The van der Waals surface area contributed by atoms with Gasteiger partial charge in [0.15, 0.2) is 5.82 Å². The van der Waals surface area contributed by atoms with E-state index in [4.69, 9.17) is 4.74 Å². The lowest BCUT2D eigenvalue weighted by molar-refractivity contribution is -0.0197. The molecule has 2 atom stereocenters. The summed E-state index contributed by atoms with van der Waals surface area (Å²) in [4.78, 5) is 7.91. The van der Waals surface area contributed by atoms with E-state index in [0.717, 1.165) is 24.2 Å². The molecule has 0 spiro atoms. The number of rotatable bonds is 6. The first kappa shape index (κ1) is 18.8. The van der Waals surface area contributed by atoms with E-state index in [-0.39, 0.29) is 6.10 Å². The summed E-state index contributed by atoms with van der Waals surface area (Å²) in [7, 11) is 0. The minimum Gasteiger partial charge on any atom is -0.373 e. The van der Waals surface area contributed by atoms with Gasteiger partial charge in [0.25, 0.3) is 0 Å². The first-order chi connectivity index (χ1) is 12.7. The van der Waals surface area contributed by atoms with E-state index in [1.165, 1.54) is 37.9 Å². The highest BCUT2D eigenvalue weighted by Gasteiger charge is 2.22. The van der Waals surface area contributed by atoms with Crippen LogP contribution in [0.3, 0.4) is 0 Å². The molecular formula is C21H23FN2OS. The molecule has 1 aromatic heterocycles. The van der Waals surface area contributed by atoms with Crippen LogP contribution in [0.1, 0.15) is 50.7 Å². The molecule has 1 fully saturated rings. The fourth-order valence-corrected chi connectivity index (χ4v) is 3.50. The van der Waals surface area contributed by atoms with Gasteiger partial charge in [-0.05, 0) is 43.0 Å². The molecule has 0 bridgehead atoms. The Morgan fingerprint density at radius 3 is 2.73 bits per heavy atom. The van der Waals surface area contributed by atoms with Crippen LogP contribution in [-0.4, -0.2) is 16.8 Å². The molecule has 26 heavy (non-hydrogen) atoms. The van der Waals surface area contributed by atoms with E-state index in [1.54, 1.807) is 0 Å². The molecule has 1 aliphatic heterocycles. The summed E-state index contributed by atoms with van der Waals surface area (Å²) >= 11 is 4.53. The van der Waals surface area contributed by atoms with Crippen molar-refractivity contribution in [2.24, 2.45) is 10.9 Å². The lowest BCUT2D eigenvalue weighted by Crippen LogP contribution is -2.20. The molecule has 1 aromatic carbocycles. The summed E-state index contributed by atoms with van der Waals surface area (Å²) in [6, 6.07) is 9.13. The van der Waals surface area contributed by atoms with Crippen LogP contribution in [0, 0.1) is 11.7 Å². The van der Waals surface area contributed by atoms with Gasteiger partial charge in [0.2, 0.25) is 0 Å². The minimum absolute atomic E-state index is 0.138. The van der Waals surface area contributed by atoms with Crippen LogP contribution in [0.5, 0.6) is 0 Å². The van der Waals surface area contributed by atoms with Crippen molar-refractivity contribution in [3.05, 3.63) is 47.9 Å². The van der Waals surface area contributed by atoms with Gasteiger partial charge in [0.05, 0.1) is 29.8 Å². The van der Waals surface area contributed by atoms with Gasteiger partial charge in [-0.25, -0.2) is 4.39 Å². The number of aromatic nitrogens is 1. The molecule has 3 nitrogen and oxygen atoms in total. The largest absolute Gasteiger partial charge is 0.373 e. The van der Waals surface area contributed by atoms with Crippen LogP contribution in [-0.2, 0) is 4.74 Å². The van der Waals surface area contributed by atoms with Crippen molar-refractivity contribution in [3.8, 4) is 11.3 Å². The molecule has 0 aliphatic carbocycles. The van der Waals surface area contributed by atoms with Crippen molar-refractivity contribution < 1.29 is 9.13 Å². The Morgan fingerprint density at radius 2 is 2.12 bits per heavy atom. The number of unbranched alkanes of at least 4 members (excludes halogenated alkanes) is 1. The Morgan fingerprint density at radius 1 is 1.31 bits per heavy atom. The quantitative estimate of drug-likeness (QED) is 0.443. The van der Waals surface area contributed by atoms with Crippen molar-refractivity contribution in [3.63, 3.8) is 0 Å². The summed E-state index contributed by atoms with van der Waals surface area (Å²) in [5.74, 6) is 0.272. The molecular weight excluding hydrogens is 347 g/mol. The molecule has 1 saturated heterocycles. The highest BCUT2D eigenvalue weighted by Crippen LogP contribution is 2.33. The molecule has 0 amide bonds. The van der Waals surface area contributed by atoms with Crippen LogP contribution in [0.15, 0.2) is 41.5 Å². The Hall–Kier alpha value is -1.94. The molecule has 0 saturated carbocycles. The van der Waals surface area contributed by atoms with Crippen LogP contribution in [0.25, 0.3) is 11.3 Å². The fraction of sp³-hybridized carbons (Fsp3) is 0.429. The Balaban J connectivity index is 1.67. The zero-order valence-corrected chi connectivity index (χ0v) is 15.8. The number of isothiocyanates is 1. The average Bonchev–Trinajstić information content (AvgIpc) is 2.67. The van der Waals surface area contributed by atoms with E-state index in [0.29, 0.717) is 17.3 Å². The number of ether oxygens (including phenoxy) is 1. The van der Waals surface area contributed by atoms with E-state index in [1.807, 2.05) is 24.3 Å². The predicted molar refractivity (Wildman–Crippen MR) is 105 cm³/mol. The minimum atomic E-state index is -0.420. The van der Waals surface area contributed by atoms with Gasteiger partial charge in [-0.1, -0.05) is 44.0 Å². The van der Waals surface area contributed by atoms with Crippen LogP contribution in [0.2, 0.25) is 0 Å². The van der Waals surface area contributed by atoms with Gasteiger partial charge in [-0.2, -0.15) is 4.99 Å². The van der Waals surface area contributed by atoms with E-state index in [9.17, 15) is 4.39 Å². The first-order valence-electron chi connectivity index (χ1n) is 9.16. The van der Waals surface area contributed by atoms with Gasteiger partial charge in [-0.15, -0.1) is 0 Å². The summed E-state index contributed by atoms with van der Waals surface area (Å²) < 4.78 is 20.3. The maximum absolute atomic E-state index is 14.3. The maximum Gasteiger partial charge on any atom is 0.151 e. The predicted octanol–water partition coefficient (Wildman–Crippen LogP) is 6.28. The third kappa shape index (κ3) is 4.61. The fourth-order valence-electron chi connectivity index (χ4n) is 3.40. The molecule has 3 rings (SSSR count). The van der Waals surface area contributed by atoms with Crippen molar-refractivity contribution in [1.82, 2.24) is 4.98 Å². The van der Waals surface area contributed by atoms with Gasteiger partial charge < -0.3 is 4.74 Å². The zero-order valence-electron chi connectivity index (χ0n) is 15.0. The number of thiocarbonyl (C=S) groups is 1. The van der Waals surface area contributed by atoms with Crippen LogP contribution in [0.4, 0.5) is 10.1 Å². The Kier molecular flexibility index (Phi) is 6.62. The highest BCUT2D eigenvalue weighted by molar-refractivity contribution is 7.78. The van der Waals surface area contributed by atoms with E-state index < -0.39 is 5.82 Å². The lowest BCUT2D eigenvalue weighted by atomic mass is 9.91. The van der Waals surface area contributed by atoms with Gasteiger partial charge in [0.1, 0.15) is 5.69 Å². The number of hydrogen-bond donors (Lipinski definition) is 0. The number of pyridine rings is 1. The number of aliphatic imine (C=N–C) groups is 1. The molecule has 0 N–H and O–H groups in total. The normalized spacial score (nSPS) is 19.8. The SMILES string of the molecule is CCCCC1CCC(c2ccc(-c3ncc(N=C=S)cc3F)cc2)OC1. The highest BCUT2D eigenvalue weighted by atomic mass is 32.1. The Labute approximate surface area is 159 Å². The van der Waals surface area contributed by atoms with Gasteiger partial charge in [-0.3, -0.25) is 4.98 Å². The van der Waals surface area contributed by atoms with Crippen molar-refractivity contribution in [1.29, 1.82) is 0 Å². The first-order valence-corrected chi connectivity index (χ1v) is 9.57. The summed E-state index contributed by atoms with van der Waals surface area (Å²) in [6.07, 6.45) is 7.67. The van der Waals surface area contributed by atoms with Crippen molar-refractivity contribution in [2.45, 2.75) is 45.1 Å². The van der Waals surface area contributed by atoms with Crippen molar-refractivity contribution >= 4 is 23.1 Å². The lowest BCUT2D eigenvalue weighted by Gasteiger charge is -2.29. The second-order valence-corrected chi connectivity index (χ2v) is 6.94. The van der Waals surface area contributed by atoms with Crippen molar-refractivity contribution in [2.75, 3.05) is 6.61 Å². The Bertz CT molecular complexity index is 779. The van der Waals surface area contributed by atoms with Gasteiger partial charge in [0, 0.05) is 11.6 Å². The molecule has 5 heteroatoms. The summed E-state index contributed by atoms with van der Waals surface area (Å²) in [5, 5.41) is 2.22. The number of nitrogens with zero attached hydrogens (tertiary/aromatic N) is 2. The van der Waals surface area contributed by atoms with E-state index in [2.05, 4.69) is 34.3 Å². The summed E-state index contributed by atoms with van der Waals surface area (Å²) in [6.45, 7) is 3.06. The van der Waals surface area contributed by atoms with E-state index >= 15 is 0 Å². The average molecular weight is 370 g/mol. The zero-order chi connectivity index (χ0) is 18.4. The summed E-state index contributed by atoms with van der Waals surface area (Å²) in [5.41, 5.74) is 2.56. The second-order valence-electron chi connectivity index (χ2n) is 6.76. The maximum atomic E-state index is 14.3. The number of benzene rings is 1. The molecule has 0 radical (unpaired) electrons. The molecule has 2 aromatic rings. The van der Waals surface area contributed by atoms with Gasteiger partial charge >= 0.3 is 0 Å². The molecule has 2 heterocycles. The molecule has 136 valence electrons. The number of hydrogen-bond acceptors (Lipinski definition) is 4. The smallest absolute Gasteiger partial charge is 0.151 e. The number of halogens is 1. The second kappa shape index (κ2) is 9.13. The third-order valence-corrected chi connectivity index (χ3v) is 4.98. The third-order valence-electron chi connectivity index (χ3n) is 4.89. The van der Waals surface area contributed by atoms with Crippen LogP contribution < -0.4 is 0 Å². The topological polar surface area (TPSA) is 34.5 Å². The molecule has 1 aliphatic rings.